The zero-order valence-corrected chi connectivity index (χ0v) is 22.6. The Morgan fingerprint density at radius 1 is 0.926 bits per heavy atom. The maximum atomic E-state index is 6.85. The zero-order chi connectivity index (χ0) is 21.7. The van der Waals surface area contributed by atoms with Crippen molar-refractivity contribution in [3.63, 3.8) is 0 Å². The number of rotatable bonds is 9. The Morgan fingerprint density at radius 3 is 1.81 bits per heavy atom. The first kappa shape index (κ1) is 26.8. The highest BCUT2D eigenvalue weighted by Gasteiger charge is 2.41. The summed E-state index contributed by atoms with van der Waals surface area (Å²) in [5, 5.41) is 0.462. The molecule has 0 aliphatic carbocycles. The van der Waals surface area contributed by atoms with Crippen molar-refractivity contribution in [2.24, 2.45) is 5.92 Å². The van der Waals surface area contributed by atoms with E-state index in [9.17, 15) is 0 Å². The van der Waals surface area contributed by atoms with E-state index in [2.05, 4.69) is 107 Å². The maximum Gasteiger partial charge on any atom is 0.192 e. The van der Waals surface area contributed by atoms with E-state index >= 15 is 0 Å². The molecule has 0 aromatic rings. The average Bonchev–Trinajstić information content (AvgIpc) is 2.43. The van der Waals surface area contributed by atoms with Gasteiger partial charge < -0.3 is 8.85 Å². The molecule has 0 aromatic carbocycles. The van der Waals surface area contributed by atoms with E-state index in [1.807, 2.05) is 0 Å². The van der Waals surface area contributed by atoms with Gasteiger partial charge in [-0.25, -0.2) is 0 Å². The van der Waals surface area contributed by atoms with Gasteiger partial charge in [-0.1, -0.05) is 72.3 Å². The topological polar surface area (TPSA) is 18.5 Å². The van der Waals surface area contributed by atoms with Crippen molar-refractivity contribution in [3.8, 4) is 0 Å². The number of hydrogen-bond donors (Lipinski definition) is 0. The quantitative estimate of drug-likeness (QED) is 0.282. The normalized spacial score (nSPS) is 17.4. The molecule has 0 radical (unpaired) electrons. The molecule has 0 amide bonds. The third kappa shape index (κ3) is 8.80. The SMILES string of the molecule is C/C=C\C(C)=C\[C@H](C)[C@H](CCO[Si](C)(C)C(C)(C)C)O[Si](C)(C)C(C)(C)C. The van der Waals surface area contributed by atoms with Crippen molar-refractivity contribution in [1.29, 1.82) is 0 Å². The number of hydrogen-bond acceptors (Lipinski definition) is 2. The average molecular weight is 413 g/mol. The summed E-state index contributed by atoms with van der Waals surface area (Å²) in [5.41, 5.74) is 1.30. The Bertz CT molecular complexity index is 505. The van der Waals surface area contributed by atoms with Gasteiger partial charge in [0.25, 0.3) is 0 Å². The molecular weight excluding hydrogens is 364 g/mol. The fourth-order valence-corrected chi connectivity index (χ4v) is 4.98. The van der Waals surface area contributed by atoms with E-state index in [-0.39, 0.29) is 16.2 Å². The van der Waals surface area contributed by atoms with Gasteiger partial charge in [-0.2, -0.15) is 0 Å². The summed E-state index contributed by atoms with van der Waals surface area (Å²) in [6.07, 6.45) is 7.79. The lowest BCUT2D eigenvalue weighted by Crippen LogP contribution is -2.46. The molecule has 27 heavy (non-hydrogen) atoms. The summed E-state index contributed by atoms with van der Waals surface area (Å²) in [6.45, 7) is 30.5. The smallest absolute Gasteiger partial charge is 0.192 e. The van der Waals surface area contributed by atoms with Gasteiger partial charge >= 0.3 is 0 Å². The van der Waals surface area contributed by atoms with Crippen molar-refractivity contribution in [1.82, 2.24) is 0 Å². The summed E-state index contributed by atoms with van der Waals surface area (Å²) in [7, 11) is -3.54. The van der Waals surface area contributed by atoms with E-state index in [0.717, 1.165) is 13.0 Å². The van der Waals surface area contributed by atoms with E-state index in [1.54, 1.807) is 0 Å². The van der Waals surface area contributed by atoms with Crippen molar-refractivity contribution in [2.75, 3.05) is 6.61 Å². The molecule has 160 valence electrons. The van der Waals surface area contributed by atoms with Gasteiger partial charge in [0.1, 0.15) is 0 Å². The molecule has 0 rings (SSSR count). The summed E-state index contributed by atoms with van der Waals surface area (Å²) in [5.74, 6) is 0.373. The Morgan fingerprint density at radius 2 is 1.41 bits per heavy atom. The van der Waals surface area contributed by atoms with Crippen LogP contribution in [0.25, 0.3) is 0 Å². The van der Waals surface area contributed by atoms with Crippen LogP contribution >= 0.6 is 0 Å². The lowest BCUT2D eigenvalue weighted by molar-refractivity contribution is 0.113. The third-order valence-corrected chi connectivity index (χ3v) is 15.5. The Balaban J connectivity index is 5.34. The predicted molar refractivity (Wildman–Crippen MR) is 128 cm³/mol. The number of allylic oxidation sites excluding steroid dienone is 3. The van der Waals surface area contributed by atoms with Gasteiger partial charge in [-0.05, 0) is 62.5 Å². The molecule has 0 N–H and O–H groups in total. The van der Waals surface area contributed by atoms with Gasteiger partial charge in [0, 0.05) is 6.61 Å². The summed E-state index contributed by atoms with van der Waals surface area (Å²) in [6, 6.07) is 0. The monoisotopic (exact) mass is 412 g/mol. The van der Waals surface area contributed by atoms with Gasteiger partial charge in [0.2, 0.25) is 0 Å². The highest BCUT2D eigenvalue weighted by Crippen LogP contribution is 2.39. The van der Waals surface area contributed by atoms with Crippen LogP contribution in [-0.4, -0.2) is 29.3 Å². The zero-order valence-electron chi connectivity index (χ0n) is 20.6. The van der Waals surface area contributed by atoms with Crippen molar-refractivity contribution < 1.29 is 8.85 Å². The highest BCUT2D eigenvalue weighted by molar-refractivity contribution is 6.74. The second-order valence-electron chi connectivity index (χ2n) is 11.1. The molecule has 2 nitrogen and oxygen atoms in total. The predicted octanol–water partition coefficient (Wildman–Crippen LogP) is 7.95. The fraction of sp³-hybridized carbons (Fsp3) is 0.826. The van der Waals surface area contributed by atoms with E-state index in [0.29, 0.717) is 5.92 Å². The van der Waals surface area contributed by atoms with E-state index < -0.39 is 16.6 Å². The second-order valence-corrected chi connectivity index (χ2v) is 20.6. The Kier molecular flexibility index (Phi) is 9.98. The molecule has 0 unspecified atom stereocenters. The first-order valence-corrected chi connectivity index (χ1v) is 16.4. The van der Waals surface area contributed by atoms with Crippen LogP contribution in [0.1, 0.15) is 68.7 Å². The molecule has 0 aliphatic heterocycles. The van der Waals surface area contributed by atoms with Gasteiger partial charge in [-0.15, -0.1) is 0 Å². The first-order valence-electron chi connectivity index (χ1n) is 10.6. The Labute approximate surface area is 173 Å². The standard InChI is InChI=1S/C23H48O2Si2/c1-14-15-19(2)18-20(3)21(25-27(12,13)23(7,8)9)16-17-24-26(10,11)22(4,5)6/h14-15,18,20-21H,16-17H2,1-13H3/b15-14-,19-18+/t20-,21-/m0/s1. The minimum atomic E-state index is -1.82. The molecular formula is C23H48O2Si2. The Hall–Kier alpha value is -0.166. The van der Waals surface area contributed by atoms with Crippen LogP contribution < -0.4 is 0 Å². The molecule has 0 spiro atoms. The van der Waals surface area contributed by atoms with Crippen molar-refractivity contribution in [3.05, 3.63) is 23.8 Å². The van der Waals surface area contributed by atoms with Crippen LogP contribution in [-0.2, 0) is 8.85 Å². The minimum Gasteiger partial charge on any atom is -0.417 e. The van der Waals surface area contributed by atoms with Crippen LogP contribution in [0.15, 0.2) is 23.8 Å². The van der Waals surface area contributed by atoms with Gasteiger partial charge in [0.05, 0.1) is 6.10 Å². The molecule has 2 atom stereocenters. The van der Waals surface area contributed by atoms with Crippen LogP contribution in [0.5, 0.6) is 0 Å². The second kappa shape index (κ2) is 10.0. The van der Waals surface area contributed by atoms with E-state index in [1.165, 1.54) is 5.57 Å². The lowest BCUT2D eigenvalue weighted by atomic mass is 9.99. The maximum absolute atomic E-state index is 6.85. The van der Waals surface area contributed by atoms with Crippen LogP contribution in [0, 0.1) is 5.92 Å². The fourth-order valence-electron chi connectivity index (χ4n) is 2.47. The molecule has 0 fully saturated rings. The summed E-state index contributed by atoms with van der Waals surface area (Å²) < 4.78 is 13.3. The molecule has 0 saturated carbocycles. The van der Waals surface area contributed by atoms with Crippen LogP contribution in [0.4, 0.5) is 0 Å². The summed E-state index contributed by atoms with van der Waals surface area (Å²) in [4.78, 5) is 0. The van der Waals surface area contributed by atoms with Gasteiger partial charge in [0.15, 0.2) is 16.6 Å². The molecule has 0 aromatic heterocycles. The highest BCUT2D eigenvalue weighted by atomic mass is 28.4. The van der Waals surface area contributed by atoms with Crippen LogP contribution in [0.2, 0.25) is 36.3 Å². The first-order chi connectivity index (χ1) is 11.9. The molecule has 0 saturated heterocycles. The van der Waals surface area contributed by atoms with Gasteiger partial charge in [-0.3, -0.25) is 0 Å². The molecule has 4 heteroatoms. The molecule has 0 heterocycles. The third-order valence-electron chi connectivity index (χ3n) is 6.47. The lowest BCUT2D eigenvalue weighted by Gasteiger charge is -2.41. The van der Waals surface area contributed by atoms with Crippen LogP contribution in [0.3, 0.4) is 0 Å². The van der Waals surface area contributed by atoms with E-state index in [4.69, 9.17) is 8.85 Å². The van der Waals surface area contributed by atoms with Crippen molar-refractivity contribution in [2.45, 2.75) is 111 Å². The molecule has 0 aliphatic rings. The largest absolute Gasteiger partial charge is 0.417 e. The molecule has 0 bridgehead atoms. The van der Waals surface area contributed by atoms with Crippen molar-refractivity contribution >= 4 is 16.6 Å². The summed E-state index contributed by atoms with van der Waals surface area (Å²) >= 11 is 0. The minimum absolute atomic E-state index is 0.205.